The van der Waals surface area contributed by atoms with E-state index < -0.39 is 0 Å². The Bertz CT molecular complexity index is 1180. The molecule has 170 valence electrons. The SMILES string of the molecule is CC(C)c1ccc(Cn2c(CCCNC(=O)CCc3ccccc3)nc3ccccc32)cc1. The van der Waals surface area contributed by atoms with Crippen LogP contribution in [0, 0.1) is 0 Å². The van der Waals surface area contributed by atoms with Crippen LogP contribution >= 0.6 is 0 Å². The maximum absolute atomic E-state index is 12.2. The number of carbonyl (C=O) groups is 1. The molecule has 4 aromatic rings. The molecule has 4 nitrogen and oxygen atoms in total. The fourth-order valence-electron chi connectivity index (χ4n) is 4.15. The highest BCUT2D eigenvalue weighted by Gasteiger charge is 2.11. The van der Waals surface area contributed by atoms with Crippen LogP contribution in [0.4, 0.5) is 0 Å². The molecule has 4 heteroatoms. The third kappa shape index (κ3) is 6.10. The number of aryl methyl sites for hydroxylation is 2. The van der Waals surface area contributed by atoms with Gasteiger partial charge in [0, 0.05) is 25.9 Å². The molecule has 1 aromatic heterocycles. The van der Waals surface area contributed by atoms with Gasteiger partial charge in [0.05, 0.1) is 11.0 Å². The molecule has 0 aliphatic carbocycles. The Morgan fingerprint density at radius 1 is 0.879 bits per heavy atom. The van der Waals surface area contributed by atoms with Crippen LogP contribution in [-0.4, -0.2) is 22.0 Å². The average molecular weight is 440 g/mol. The molecule has 4 rings (SSSR count). The van der Waals surface area contributed by atoms with Gasteiger partial charge in [-0.15, -0.1) is 0 Å². The first-order valence-corrected chi connectivity index (χ1v) is 11.9. The summed E-state index contributed by atoms with van der Waals surface area (Å²) in [5.74, 6) is 1.71. The fourth-order valence-corrected chi connectivity index (χ4v) is 4.15. The Balaban J connectivity index is 1.35. The molecule has 0 unspecified atom stereocenters. The van der Waals surface area contributed by atoms with Crippen LogP contribution in [0.2, 0.25) is 0 Å². The van der Waals surface area contributed by atoms with E-state index in [-0.39, 0.29) is 5.91 Å². The quantitative estimate of drug-likeness (QED) is 0.313. The molecule has 1 heterocycles. The average Bonchev–Trinajstić information content (AvgIpc) is 3.18. The first kappa shape index (κ1) is 22.8. The lowest BCUT2D eigenvalue weighted by Crippen LogP contribution is -2.25. The van der Waals surface area contributed by atoms with Crippen molar-refractivity contribution in [1.29, 1.82) is 0 Å². The summed E-state index contributed by atoms with van der Waals surface area (Å²) in [6, 6.07) is 27.4. The van der Waals surface area contributed by atoms with Crippen molar-refractivity contribution >= 4 is 16.9 Å². The summed E-state index contributed by atoms with van der Waals surface area (Å²) < 4.78 is 2.32. The monoisotopic (exact) mass is 439 g/mol. The van der Waals surface area contributed by atoms with Crippen LogP contribution < -0.4 is 5.32 Å². The number of benzene rings is 3. The summed E-state index contributed by atoms with van der Waals surface area (Å²) in [7, 11) is 0. The molecule has 0 radical (unpaired) electrons. The predicted octanol–water partition coefficient (Wildman–Crippen LogP) is 5.89. The molecule has 1 N–H and O–H groups in total. The molecule has 0 saturated heterocycles. The number of imidazole rings is 1. The molecule has 0 spiro atoms. The van der Waals surface area contributed by atoms with Crippen molar-refractivity contribution in [2.45, 2.75) is 52.0 Å². The van der Waals surface area contributed by atoms with E-state index in [1.807, 2.05) is 24.3 Å². The molecule has 0 aliphatic rings. The third-order valence-corrected chi connectivity index (χ3v) is 6.10. The van der Waals surface area contributed by atoms with Gasteiger partial charge in [-0.1, -0.05) is 80.6 Å². The van der Waals surface area contributed by atoms with Gasteiger partial charge >= 0.3 is 0 Å². The predicted molar refractivity (Wildman–Crippen MR) is 135 cm³/mol. The highest BCUT2D eigenvalue weighted by Crippen LogP contribution is 2.20. The number of fused-ring (bicyclic) bond motifs is 1. The van der Waals surface area contributed by atoms with Gasteiger partial charge in [0.15, 0.2) is 0 Å². The van der Waals surface area contributed by atoms with E-state index in [1.165, 1.54) is 16.7 Å². The van der Waals surface area contributed by atoms with Crippen molar-refractivity contribution in [2.75, 3.05) is 6.54 Å². The van der Waals surface area contributed by atoms with Crippen LogP contribution in [0.15, 0.2) is 78.9 Å². The number of aromatic nitrogens is 2. The number of amides is 1. The molecule has 0 saturated carbocycles. The summed E-state index contributed by atoms with van der Waals surface area (Å²) in [6.07, 6.45) is 3.00. The Morgan fingerprint density at radius 3 is 2.36 bits per heavy atom. The first-order chi connectivity index (χ1) is 16.1. The minimum absolute atomic E-state index is 0.109. The zero-order valence-corrected chi connectivity index (χ0v) is 19.6. The number of nitrogens with zero attached hydrogens (tertiary/aromatic N) is 2. The molecule has 0 bridgehead atoms. The molecule has 1 amide bonds. The van der Waals surface area contributed by atoms with Crippen LogP contribution in [0.5, 0.6) is 0 Å². The van der Waals surface area contributed by atoms with E-state index in [1.54, 1.807) is 0 Å². The zero-order valence-electron chi connectivity index (χ0n) is 19.6. The molecular weight excluding hydrogens is 406 g/mol. The van der Waals surface area contributed by atoms with Crippen molar-refractivity contribution in [1.82, 2.24) is 14.9 Å². The third-order valence-electron chi connectivity index (χ3n) is 6.10. The van der Waals surface area contributed by atoms with E-state index in [4.69, 9.17) is 4.98 Å². The number of para-hydroxylation sites is 2. The highest BCUT2D eigenvalue weighted by molar-refractivity contribution is 5.76. The molecule has 0 fully saturated rings. The summed E-state index contributed by atoms with van der Waals surface area (Å²) >= 11 is 0. The molecular formula is C29H33N3O. The molecule has 33 heavy (non-hydrogen) atoms. The van der Waals surface area contributed by atoms with Crippen molar-refractivity contribution in [3.8, 4) is 0 Å². The van der Waals surface area contributed by atoms with Gasteiger partial charge in [0.2, 0.25) is 5.91 Å². The summed E-state index contributed by atoms with van der Waals surface area (Å²) in [4.78, 5) is 17.1. The number of hydrogen-bond acceptors (Lipinski definition) is 2. The minimum Gasteiger partial charge on any atom is -0.356 e. The van der Waals surface area contributed by atoms with Gasteiger partial charge < -0.3 is 9.88 Å². The molecule has 3 aromatic carbocycles. The van der Waals surface area contributed by atoms with Gasteiger partial charge in [-0.25, -0.2) is 4.98 Å². The number of hydrogen-bond donors (Lipinski definition) is 1. The second-order valence-electron chi connectivity index (χ2n) is 8.94. The topological polar surface area (TPSA) is 46.9 Å². The smallest absolute Gasteiger partial charge is 0.220 e. The van der Waals surface area contributed by atoms with Crippen molar-refractivity contribution in [3.63, 3.8) is 0 Å². The van der Waals surface area contributed by atoms with E-state index in [0.29, 0.717) is 18.9 Å². The van der Waals surface area contributed by atoms with Crippen molar-refractivity contribution < 1.29 is 4.79 Å². The second-order valence-corrected chi connectivity index (χ2v) is 8.94. The van der Waals surface area contributed by atoms with Gasteiger partial charge in [-0.3, -0.25) is 4.79 Å². The number of rotatable bonds is 10. The Hall–Kier alpha value is -3.40. The Morgan fingerprint density at radius 2 is 1.61 bits per heavy atom. The highest BCUT2D eigenvalue weighted by atomic mass is 16.1. The number of carbonyl (C=O) groups excluding carboxylic acids is 1. The lowest BCUT2D eigenvalue weighted by Gasteiger charge is -2.12. The van der Waals surface area contributed by atoms with Gasteiger partial charge in [-0.05, 0) is 47.6 Å². The first-order valence-electron chi connectivity index (χ1n) is 11.9. The largest absolute Gasteiger partial charge is 0.356 e. The lowest BCUT2D eigenvalue weighted by atomic mass is 10.0. The second kappa shape index (κ2) is 11.0. The summed E-state index contributed by atoms with van der Waals surface area (Å²) in [5, 5.41) is 3.07. The van der Waals surface area contributed by atoms with E-state index in [0.717, 1.165) is 42.7 Å². The summed E-state index contributed by atoms with van der Waals surface area (Å²) in [5.41, 5.74) is 6.02. The Labute approximate surface area is 196 Å². The molecule has 0 atom stereocenters. The van der Waals surface area contributed by atoms with Crippen LogP contribution in [0.25, 0.3) is 11.0 Å². The van der Waals surface area contributed by atoms with Crippen molar-refractivity contribution in [3.05, 3.63) is 101 Å². The van der Waals surface area contributed by atoms with E-state index in [9.17, 15) is 4.79 Å². The lowest BCUT2D eigenvalue weighted by molar-refractivity contribution is -0.121. The van der Waals surface area contributed by atoms with E-state index in [2.05, 4.69) is 78.3 Å². The van der Waals surface area contributed by atoms with Crippen LogP contribution in [-0.2, 0) is 24.2 Å². The fraction of sp³-hybridized carbons (Fsp3) is 0.310. The van der Waals surface area contributed by atoms with Crippen molar-refractivity contribution in [2.24, 2.45) is 0 Å². The van der Waals surface area contributed by atoms with Gasteiger partial charge in [0.1, 0.15) is 5.82 Å². The van der Waals surface area contributed by atoms with Gasteiger partial charge in [-0.2, -0.15) is 0 Å². The Kier molecular flexibility index (Phi) is 7.56. The van der Waals surface area contributed by atoms with Crippen LogP contribution in [0.1, 0.15) is 55.1 Å². The van der Waals surface area contributed by atoms with E-state index >= 15 is 0 Å². The number of nitrogens with one attached hydrogen (secondary N) is 1. The molecule has 0 aliphatic heterocycles. The zero-order chi connectivity index (χ0) is 23.0. The maximum atomic E-state index is 12.2. The van der Waals surface area contributed by atoms with Crippen LogP contribution in [0.3, 0.4) is 0 Å². The van der Waals surface area contributed by atoms with Gasteiger partial charge in [0.25, 0.3) is 0 Å². The maximum Gasteiger partial charge on any atom is 0.220 e. The summed E-state index contributed by atoms with van der Waals surface area (Å²) in [6.45, 7) is 5.91. The minimum atomic E-state index is 0.109. The normalized spacial score (nSPS) is 11.2. The standard InChI is InChI=1S/C29H33N3O/c1-22(2)25-17-14-24(15-18-25)21-32-27-12-7-6-11-26(27)31-28(32)13-8-20-30-29(33)19-16-23-9-4-3-5-10-23/h3-7,9-12,14-15,17-18,22H,8,13,16,19-21H2,1-2H3,(H,30,33).